The molecule has 29 heavy (non-hydrogen) atoms. The first-order chi connectivity index (χ1) is 13.3. The number of cyclic esters (lactones) is 2. The average molecular weight is 562 g/mol. The Labute approximate surface area is 201 Å². The lowest BCUT2D eigenvalue weighted by Crippen LogP contribution is -2.02. The van der Waals surface area contributed by atoms with Crippen LogP contribution in [0.2, 0.25) is 35.2 Å². The molecule has 0 fully saturated rings. The maximum Gasteiger partial charge on any atom is 0.348 e. The Morgan fingerprint density at radius 2 is 0.966 bits per heavy atom. The molecule has 0 bridgehead atoms. The minimum atomic E-state index is -0.993. The van der Waals surface area contributed by atoms with Gasteiger partial charge in [0.25, 0.3) is 5.24 Å². The summed E-state index contributed by atoms with van der Waals surface area (Å²) in [6.07, 6.45) is 0. The second kappa shape index (κ2) is 9.12. The highest BCUT2D eigenvalue weighted by atomic mass is 35.5. The van der Waals surface area contributed by atoms with Gasteiger partial charge in [0.15, 0.2) is 11.5 Å². The van der Waals surface area contributed by atoms with Crippen LogP contribution in [-0.4, -0.2) is 27.4 Å². The van der Waals surface area contributed by atoms with Crippen molar-refractivity contribution in [2.75, 3.05) is 0 Å². The highest BCUT2D eigenvalue weighted by molar-refractivity contribution is 6.70. The van der Waals surface area contributed by atoms with Gasteiger partial charge >= 0.3 is 11.9 Å². The first kappa shape index (κ1) is 24.4. The van der Waals surface area contributed by atoms with Crippen molar-refractivity contribution in [2.24, 2.45) is 0 Å². The van der Waals surface area contributed by atoms with Gasteiger partial charge in [-0.2, -0.15) is 0 Å². The van der Waals surface area contributed by atoms with Crippen molar-refractivity contribution in [3.05, 3.63) is 51.8 Å². The molecular weight excluding hydrogens is 560 g/mol. The number of aromatic hydroxyl groups is 2. The predicted octanol–water partition coefficient (Wildman–Crippen LogP) is 7.05. The number of rotatable bonds is 1. The first-order valence-electron chi connectivity index (χ1n) is 6.73. The van der Waals surface area contributed by atoms with E-state index < -0.39 is 28.7 Å². The number of hydrogen-bond donors (Lipinski definition) is 2. The van der Waals surface area contributed by atoms with Crippen LogP contribution < -0.4 is 0 Å². The number of halogens is 8. The van der Waals surface area contributed by atoms with E-state index >= 15 is 0 Å². The van der Waals surface area contributed by atoms with Crippen molar-refractivity contribution in [1.82, 2.24) is 0 Å². The summed E-state index contributed by atoms with van der Waals surface area (Å²) in [5.74, 6) is -2.84. The molecule has 14 heteroatoms. The van der Waals surface area contributed by atoms with E-state index in [9.17, 15) is 14.4 Å². The monoisotopic (exact) mass is 558 g/mol. The summed E-state index contributed by atoms with van der Waals surface area (Å²) in [5.41, 5.74) is -0.881. The van der Waals surface area contributed by atoms with E-state index in [1.54, 1.807) is 0 Å². The summed E-state index contributed by atoms with van der Waals surface area (Å²) >= 11 is 44.5. The number of ether oxygens (including phenoxy) is 1. The molecule has 0 aromatic heterocycles. The van der Waals surface area contributed by atoms with E-state index in [0.717, 1.165) is 0 Å². The Kier molecular flexibility index (Phi) is 7.69. The van der Waals surface area contributed by atoms with Crippen LogP contribution in [0.25, 0.3) is 0 Å². The summed E-state index contributed by atoms with van der Waals surface area (Å²) in [4.78, 5) is 33.8. The third-order valence-corrected chi connectivity index (χ3v) is 6.41. The molecule has 1 aliphatic heterocycles. The van der Waals surface area contributed by atoms with Gasteiger partial charge in [0.1, 0.15) is 20.1 Å². The minimum Gasteiger partial charge on any atom is -0.505 e. The van der Waals surface area contributed by atoms with Crippen LogP contribution >= 0.6 is 92.8 Å². The summed E-state index contributed by atoms with van der Waals surface area (Å²) in [6, 6.07) is 0. The van der Waals surface area contributed by atoms with Crippen molar-refractivity contribution < 1.29 is 29.3 Å². The molecule has 1 aliphatic rings. The molecule has 2 aromatic rings. The van der Waals surface area contributed by atoms with E-state index in [4.69, 9.17) is 103 Å². The van der Waals surface area contributed by atoms with Gasteiger partial charge in [-0.05, 0) is 11.6 Å². The van der Waals surface area contributed by atoms with Gasteiger partial charge in [-0.25, -0.2) is 9.59 Å². The zero-order valence-corrected chi connectivity index (χ0v) is 19.1. The van der Waals surface area contributed by atoms with Gasteiger partial charge in [-0.15, -0.1) is 0 Å². The van der Waals surface area contributed by atoms with Crippen molar-refractivity contribution in [2.45, 2.75) is 0 Å². The van der Waals surface area contributed by atoms with Crippen molar-refractivity contribution >= 4 is 110 Å². The zero-order valence-electron chi connectivity index (χ0n) is 13.1. The molecule has 0 radical (unpaired) electrons. The molecule has 2 N–H and O–H groups in total. The Balaban J connectivity index is 0.000000221. The third-order valence-electron chi connectivity index (χ3n) is 3.33. The SMILES string of the molecule is O=C(Cl)c1c(Cl)c(Cl)c2c(c1Cl)C(=O)OC2=O.Oc1c(Cl)c(Cl)c(O)c(Cl)c1Cl. The number of esters is 2. The number of benzene rings is 2. The lowest BCUT2D eigenvalue weighted by molar-refractivity contribution is 0.0444. The van der Waals surface area contributed by atoms with Gasteiger partial charge in [-0.3, -0.25) is 4.79 Å². The van der Waals surface area contributed by atoms with Crippen molar-refractivity contribution in [1.29, 1.82) is 0 Å². The Morgan fingerprint density at radius 3 is 1.31 bits per heavy atom. The van der Waals surface area contributed by atoms with Crippen molar-refractivity contribution in [3.8, 4) is 11.5 Å². The van der Waals surface area contributed by atoms with Crippen LogP contribution in [0.5, 0.6) is 11.5 Å². The molecule has 2 aromatic carbocycles. The number of carbonyl (C=O) groups excluding carboxylic acids is 3. The van der Waals surface area contributed by atoms with E-state index in [2.05, 4.69) is 4.74 Å². The topological polar surface area (TPSA) is 101 Å². The molecule has 1 heterocycles. The third kappa shape index (κ3) is 4.31. The first-order valence-corrected chi connectivity index (χ1v) is 9.75. The molecule has 0 unspecified atom stereocenters. The minimum absolute atomic E-state index is 0.219. The molecule has 154 valence electrons. The number of phenols is 2. The molecular formula is C15H2Cl8O6. The Bertz CT molecular complexity index is 992. The fourth-order valence-electron chi connectivity index (χ4n) is 2.01. The predicted molar refractivity (Wildman–Crippen MR) is 111 cm³/mol. The number of fused-ring (bicyclic) bond motifs is 1. The van der Waals surface area contributed by atoms with Crippen LogP contribution in [0.4, 0.5) is 0 Å². The summed E-state index contributed by atoms with van der Waals surface area (Å²) in [5, 5.41) is 15.5. The number of carbonyl (C=O) groups is 3. The van der Waals surface area contributed by atoms with Gasteiger partial charge in [0.2, 0.25) is 0 Å². The zero-order chi connectivity index (χ0) is 22.4. The molecule has 0 spiro atoms. The van der Waals surface area contributed by atoms with Gasteiger partial charge < -0.3 is 14.9 Å². The molecule has 0 amide bonds. The summed E-state index contributed by atoms with van der Waals surface area (Å²) in [6.45, 7) is 0. The molecule has 0 aliphatic carbocycles. The van der Waals surface area contributed by atoms with Crippen LogP contribution in [0, 0.1) is 0 Å². The van der Waals surface area contributed by atoms with Crippen LogP contribution in [0.15, 0.2) is 0 Å². The van der Waals surface area contributed by atoms with Gasteiger partial charge in [0.05, 0.1) is 31.8 Å². The highest BCUT2D eigenvalue weighted by Crippen LogP contribution is 2.48. The highest BCUT2D eigenvalue weighted by Gasteiger charge is 2.38. The second-order valence-electron chi connectivity index (χ2n) is 4.97. The normalized spacial score (nSPS) is 12.3. The summed E-state index contributed by atoms with van der Waals surface area (Å²) in [7, 11) is 0. The maximum absolute atomic E-state index is 11.4. The van der Waals surface area contributed by atoms with Crippen molar-refractivity contribution in [3.63, 3.8) is 0 Å². The van der Waals surface area contributed by atoms with Gasteiger partial charge in [-0.1, -0.05) is 81.2 Å². The largest absolute Gasteiger partial charge is 0.505 e. The molecule has 6 nitrogen and oxygen atoms in total. The Hall–Kier alpha value is -0.830. The fraction of sp³-hybridized carbons (Fsp3) is 0. The smallest absolute Gasteiger partial charge is 0.348 e. The van der Waals surface area contributed by atoms with Crippen LogP contribution in [0.3, 0.4) is 0 Å². The average Bonchev–Trinajstić information content (AvgIpc) is 2.96. The maximum atomic E-state index is 11.4. The molecule has 0 saturated carbocycles. The molecule has 3 rings (SSSR count). The lowest BCUT2D eigenvalue weighted by Gasteiger charge is -2.07. The van der Waals surface area contributed by atoms with E-state index in [0.29, 0.717) is 0 Å². The van der Waals surface area contributed by atoms with E-state index in [1.165, 1.54) is 0 Å². The lowest BCUT2D eigenvalue weighted by atomic mass is 10.1. The van der Waals surface area contributed by atoms with E-state index in [-0.39, 0.29) is 51.8 Å². The fourth-order valence-corrected chi connectivity index (χ4v) is 4.07. The Morgan fingerprint density at radius 1 is 0.621 bits per heavy atom. The quantitative estimate of drug-likeness (QED) is 0.127. The standard InChI is InChI=1S/C9Cl4O4.C6H2Cl4O2/c10-4-1-2(9(16)17-8(1)15)5(11)6(12)3(4)7(13)14;7-1-2(8)6(12)4(10)3(9)5(1)11/h;11-12H. The van der Waals surface area contributed by atoms with Crippen LogP contribution in [-0.2, 0) is 4.74 Å². The number of hydrogen-bond acceptors (Lipinski definition) is 6. The van der Waals surface area contributed by atoms with E-state index in [1.807, 2.05) is 0 Å². The summed E-state index contributed by atoms with van der Waals surface area (Å²) < 4.78 is 4.32. The number of phenolic OH excluding ortho intramolecular Hbond substituents is 2. The molecule has 0 atom stereocenters. The van der Waals surface area contributed by atoms with Crippen LogP contribution in [0.1, 0.15) is 31.1 Å². The second-order valence-corrected chi connectivity index (χ2v) is 7.96. The molecule has 0 saturated heterocycles. The van der Waals surface area contributed by atoms with Gasteiger partial charge in [0, 0.05) is 0 Å².